The van der Waals surface area contributed by atoms with E-state index in [1.54, 1.807) is 23.6 Å². The summed E-state index contributed by atoms with van der Waals surface area (Å²) in [6, 6.07) is 11.2. The first-order valence-corrected chi connectivity index (χ1v) is 9.28. The van der Waals surface area contributed by atoms with Crippen molar-refractivity contribution in [1.82, 2.24) is 14.7 Å². The van der Waals surface area contributed by atoms with Crippen LogP contribution in [0.2, 0.25) is 5.02 Å². The van der Waals surface area contributed by atoms with Crippen molar-refractivity contribution in [2.45, 2.75) is 13.0 Å². The highest BCUT2D eigenvalue weighted by Crippen LogP contribution is 2.29. The molecule has 1 fully saturated rings. The summed E-state index contributed by atoms with van der Waals surface area (Å²) in [5, 5.41) is 3.91. The second-order valence-electron chi connectivity index (χ2n) is 6.75. The van der Waals surface area contributed by atoms with Crippen LogP contribution in [0.1, 0.15) is 6.92 Å². The minimum absolute atomic E-state index is 0.119. The van der Waals surface area contributed by atoms with Gasteiger partial charge in [-0.15, -0.1) is 0 Å². The number of rotatable bonds is 3. The van der Waals surface area contributed by atoms with E-state index in [-0.39, 0.29) is 5.56 Å². The first-order valence-electron chi connectivity index (χ1n) is 8.91. The molecule has 0 spiro atoms. The topological polar surface area (TPSA) is 58.9 Å². The number of hydrogen-bond acceptors (Lipinski definition) is 5. The molecule has 6 nitrogen and oxygen atoms in total. The number of nitrogens with zero attached hydrogens (tertiary/aromatic N) is 3. The van der Waals surface area contributed by atoms with E-state index in [9.17, 15) is 4.79 Å². The van der Waals surface area contributed by atoms with E-state index >= 15 is 0 Å². The highest BCUT2D eigenvalue weighted by molar-refractivity contribution is 6.32. The summed E-state index contributed by atoms with van der Waals surface area (Å²) in [6.45, 7) is 4.92. The first kappa shape index (κ1) is 17.8. The molecular weight excluding hydrogens is 364 g/mol. The van der Waals surface area contributed by atoms with Crippen molar-refractivity contribution >= 4 is 22.9 Å². The van der Waals surface area contributed by atoms with E-state index < -0.39 is 0 Å². The Kier molecular flexibility index (Phi) is 4.76. The lowest BCUT2D eigenvalue weighted by Gasteiger charge is -2.33. The van der Waals surface area contributed by atoms with Crippen LogP contribution < -0.4 is 20.5 Å². The van der Waals surface area contributed by atoms with Crippen LogP contribution in [-0.4, -0.2) is 42.2 Å². The van der Waals surface area contributed by atoms with Crippen molar-refractivity contribution in [3.8, 4) is 17.0 Å². The maximum Gasteiger partial charge on any atom is 0.258 e. The van der Waals surface area contributed by atoms with Gasteiger partial charge in [-0.3, -0.25) is 9.20 Å². The second-order valence-corrected chi connectivity index (χ2v) is 7.15. The SMILES string of the molecule is COc1ccc(-c2cc(=O)n3cc(N4CCNC(C)C4)ccc3n2)cc1Cl. The van der Waals surface area contributed by atoms with Crippen molar-refractivity contribution < 1.29 is 4.74 Å². The Morgan fingerprint density at radius 3 is 2.85 bits per heavy atom. The summed E-state index contributed by atoms with van der Waals surface area (Å²) >= 11 is 6.21. The van der Waals surface area contributed by atoms with Crippen LogP contribution in [0.15, 0.2) is 47.4 Å². The van der Waals surface area contributed by atoms with Crippen LogP contribution in [0.5, 0.6) is 5.75 Å². The lowest BCUT2D eigenvalue weighted by atomic mass is 10.1. The molecule has 1 atom stereocenters. The van der Waals surface area contributed by atoms with Gasteiger partial charge in [0.25, 0.3) is 5.56 Å². The van der Waals surface area contributed by atoms with E-state index in [0.29, 0.717) is 28.2 Å². The van der Waals surface area contributed by atoms with Crippen LogP contribution in [0.25, 0.3) is 16.9 Å². The number of benzene rings is 1. The van der Waals surface area contributed by atoms with Crippen LogP contribution in [0, 0.1) is 0 Å². The molecular formula is C20H21ClN4O2. The van der Waals surface area contributed by atoms with Crippen LogP contribution >= 0.6 is 11.6 Å². The summed E-state index contributed by atoms with van der Waals surface area (Å²) in [5.74, 6) is 0.591. The lowest BCUT2D eigenvalue weighted by molar-refractivity contribution is 0.415. The molecule has 1 aliphatic heterocycles. The third-order valence-electron chi connectivity index (χ3n) is 4.83. The van der Waals surface area contributed by atoms with Crippen LogP contribution in [-0.2, 0) is 0 Å². The van der Waals surface area contributed by atoms with Gasteiger partial charge < -0.3 is 15.0 Å². The number of piperazine rings is 1. The average molecular weight is 385 g/mol. The third-order valence-corrected chi connectivity index (χ3v) is 5.12. The standard InChI is InChI=1S/C20H21ClN4O2/c1-13-11-24(8-7-22-13)15-4-6-19-23-17(10-20(26)25(19)12-15)14-3-5-18(27-2)16(21)9-14/h3-6,9-10,12-13,22H,7-8,11H2,1-2H3. The van der Waals surface area contributed by atoms with E-state index in [4.69, 9.17) is 16.3 Å². The molecule has 0 bridgehead atoms. The molecule has 140 valence electrons. The summed E-state index contributed by atoms with van der Waals surface area (Å²) < 4.78 is 6.77. The molecule has 4 rings (SSSR count). The number of nitrogens with one attached hydrogen (secondary N) is 1. The van der Waals surface area contributed by atoms with Crippen molar-refractivity contribution in [2.75, 3.05) is 31.6 Å². The smallest absolute Gasteiger partial charge is 0.258 e. The Morgan fingerprint density at radius 2 is 2.11 bits per heavy atom. The Hall–Kier alpha value is -2.57. The van der Waals surface area contributed by atoms with Gasteiger partial charge in [-0.25, -0.2) is 4.98 Å². The van der Waals surface area contributed by atoms with Gasteiger partial charge in [0, 0.05) is 43.5 Å². The quantitative estimate of drug-likeness (QED) is 0.752. The second kappa shape index (κ2) is 7.21. The highest BCUT2D eigenvalue weighted by Gasteiger charge is 2.17. The zero-order valence-corrected chi connectivity index (χ0v) is 16.0. The largest absolute Gasteiger partial charge is 0.495 e. The summed E-state index contributed by atoms with van der Waals surface area (Å²) in [7, 11) is 1.57. The maximum atomic E-state index is 12.7. The molecule has 0 saturated carbocycles. The zero-order valence-electron chi connectivity index (χ0n) is 15.3. The molecule has 1 saturated heterocycles. The fourth-order valence-corrected chi connectivity index (χ4v) is 3.68. The van der Waals surface area contributed by atoms with E-state index in [1.165, 1.54) is 6.07 Å². The van der Waals surface area contributed by atoms with Crippen molar-refractivity contribution in [3.05, 3.63) is 58.0 Å². The van der Waals surface area contributed by atoms with Crippen LogP contribution in [0.3, 0.4) is 0 Å². The lowest BCUT2D eigenvalue weighted by Crippen LogP contribution is -2.49. The minimum Gasteiger partial charge on any atom is -0.495 e. The van der Waals surface area contributed by atoms with E-state index in [0.717, 1.165) is 30.9 Å². The van der Waals surface area contributed by atoms with Crippen molar-refractivity contribution in [2.24, 2.45) is 0 Å². The predicted octanol–water partition coefficient (Wildman–Crippen LogP) is 2.82. The Balaban J connectivity index is 1.73. The molecule has 3 aromatic rings. The van der Waals surface area contributed by atoms with Crippen LogP contribution in [0.4, 0.5) is 5.69 Å². The Bertz CT molecular complexity index is 1050. The average Bonchev–Trinajstić information content (AvgIpc) is 2.67. The third kappa shape index (κ3) is 3.50. The molecule has 27 heavy (non-hydrogen) atoms. The highest BCUT2D eigenvalue weighted by atomic mass is 35.5. The van der Waals surface area contributed by atoms with Gasteiger partial charge in [-0.1, -0.05) is 11.6 Å². The molecule has 3 heterocycles. The summed E-state index contributed by atoms with van der Waals surface area (Å²) in [6.07, 6.45) is 1.87. The number of ether oxygens (including phenoxy) is 1. The maximum absolute atomic E-state index is 12.7. The molecule has 0 aliphatic carbocycles. The monoisotopic (exact) mass is 384 g/mol. The first-order chi connectivity index (χ1) is 13.0. The number of pyridine rings is 1. The molecule has 7 heteroatoms. The van der Waals surface area contributed by atoms with E-state index in [1.807, 2.05) is 24.4 Å². The molecule has 1 aliphatic rings. The number of methoxy groups -OCH3 is 1. The summed E-state index contributed by atoms with van der Waals surface area (Å²) in [4.78, 5) is 19.6. The summed E-state index contributed by atoms with van der Waals surface area (Å²) in [5.41, 5.74) is 2.89. The minimum atomic E-state index is -0.119. The van der Waals surface area contributed by atoms with E-state index in [2.05, 4.69) is 22.1 Å². The zero-order chi connectivity index (χ0) is 19.0. The molecule has 1 N–H and O–H groups in total. The van der Waals surface area contributed by atoms with Gasteiger partial charge in [-0.05, 0) is 37.3 Å². The van der Waals surface area contributed by atoms with Crippen molar-refractivity contribution in [3.63, 3.8) is 0 Å². The molecule has 1 aromatic carbocycles. The number of halogens is 1. The van der Waals surface area contributed by atoms with Gasteiger partial charge in [0.1, 0.15) is 11.4 Å². The number of aromatic nitrogens is 2. The normalized spacial score (nSPS) is 17.3. The van der Waals surface area contributed by atoms with Gasteiger partial charge in [-0.2, -0.15) is 0 Å². The van der Waals surface area contributed by atoms with Gasteiger partial charge >= 0.3 is 0 Å². The number of hydrogen-bond donors (Lipinski definition) is 1. The molecule has 2 aromatic heterocycles. The van der Waals surface area contributed by atoms with Gasteiger partial charge in [0.2, 0.25) is 0 Å². The van der Waals surface area contributed by atoms with Gasteiger partial charge in [0.05, 0.1) is 23.5 Å². The molecule has 0 radical (unpaired) electrons. The fourth-order valence-electron chi connectivity index (χ4n) is 3.42. The Labute approximate surface area is 162 Å². The molecule has 0 amide bonds. The van der Waals surface area contributed by atoms with Crippen molar-refractivity contribution in [1.29, 1.82) is 0 Å². The number of fused-ring (bicyclic) bond motifs is 1. The predicted molar refractivity (Wildman–Crippen MR) is 108 cm³/mol. The van der Waals surface area contributed by atoms with Gasteiger partial charge in [0.15, 0.2) is 0 Å². The number of anilines is 1. The fraction of sp³-hybridized carbons (Fsp3) is 0.300. The molecule has 1 unspecified atom stereocenters. The Morgan fingerprint density at radius 1 is 1.26 bits per heavy atom.